The average Bonchev–Trinajstić information content (AvgIpc) is 2.71. The summed E-state index contributed by atoms with van der Waals surface area (Å²) < 4.78 is 4.98. The lowest BCUT2D eigenvalue weighted by atomic mass is 10.2. The lowest BCUT2D eigenvalue weighted by Gasteiger charge is -2.28. The van der Waals surface area contributed by atoms with Gasteiger partial charge in [-0.15, -0.1) is 0 Å². The van der Waals surface area contributed by atoms with Gasteiger partial charge in [0, 0.05) is 17.1 Å². The normalized spacial score (nSPS) is 12.6. The van der Waals surface area contributed by atoms with Gasteiger partial charge in [-0.3, -0.25) is 24.1 Å². The lowest BCUT2D eigenvalue weighted by molar-refractivity contribution is -0.147. The second-order valence-corrected chi connectivity index (χ2v) is 6.66. The van der Waals surface area contributed by atoms with Crippen molar-refractivity contribution in [2.45, 2.75) is 6.42 Å². The number of para-hydroxylation sites is 2. The van der Waals surface area contributed by atoms with Crippen LogP contribution in [0.1, 0.15) is 16.8 Å². The number of amides is 3. The molecule has 2 N–H and O–H groups in total. The molecule has 1 aliphatic rings. The molecule has 0 unspecified atom stereocenters. The van der Waals surface area contributed by atoms with Crippen LogP contribution in [-0.4, -0.2) is 43.4 Å². The van der Waals surface area contributed by atoms with E-state index in [0.717, 1.165) is 0 Å². The number of fused-ring (bicyclic) bond motifs is 1. The van der Waals surface area contributed by atoms with E-state index in [1.165, 1.54) is 4.90 Å². The monoisotopic (exact) mass is 415 g/mol. The highest BCUT2D eigenvalue weighted by molar-refractivity contribution is 6.30. The van der Waals surface area contributed by atoms with E-state index in [1.807, 2.05) is 0 Å². The summed E-state index contributed by atoms with van der Waals surface area (Å²) in [4.78, 5) is 49.2. The molecule has 29 heavy (non-hydrogen) atoms. The zero-order valence-corrected chi connectivity index (χ0v) is 16.1. The van der Waals surface area contributed by atoms with Crippen molar-refractivity contribution in [3.63, 3.8) is 0 Å². The first-order valence-corrected chi connectivity index (χ1v) is 9.20. The minimum Gasteiger partial charge on any atom is -0.455 e. The molecule has 0 radical (unpaired) electrons. The number of benzene rings is 2. The van der Waals surface area contributed by atoms with Crippen molar-refractivity contribution in [1.82, 2.24) is 5.32 Å². The molecule has 150 valence electrons. The topological polar surface area (TPSA) is 105 Å². The number of carbonyl (C=O) groups is 4. The number of halogens is 1. The van der Waals surface area contributed by atoms with Gasteiger partial charge in [-0.2, -0.15) is 0 Å². The maximum atomic E-state index is 12.4. The first-order valence-electron chi connectivity index (χ1n) is 8.82. The van der Waals surface area contributed by atoms with Gasteiger partial charge in [-0.05, 0) is 36.4 Å². The molecule has 8 nitrogen and oxygen atoms in total. The molecule has 1 aliphatic heterocycles. The van der Waals surface area contributed by atoms with Gasteiger partial charge in [0.2, 0.25) is 5.91 Å². The molecule has 0 spiro atoms. The maximum absolute atomic E-state index is 12.4. The third kappa shape index (κ3) is 5.32. The third-order valence-electron chi connectivity index (χ3n) is 4.15. The number of esters is 1. The van der Waals surface area contributed by atoms with Gasteiger partial charge in [0.15, 0.2) is 6.61 Å². The van der Waals surface area contributed by atoms with Crippen LogP contribution in [-0.2, 0) is 19.1 Å². The second kappa shape index (κ2) is 9.20. The fraction of sp³-hybridized carbons (Fsp3) is 0.200. The van der Waals surface area contributed by atoms with Crippen molar-refractivity contribution in [3.8, 4) is 0 Å². The van der Waals surface area contributed by atoms with Crippen LogP contribution >= 0.6 is 11.6 Å². The molecular weight excluding hydrogens is 398 g/mol. The fourth-order valence-electron chi connectivity index (χ4n) is 2.73. The lowest BCUT2D eigenvalue weighted by Crippen LogP contribution is -2.44. The molecule has 0 aromatic heterocycles. The largest absolute Gasteiger partial charge is 0.455 e. The molecule has 0 aliphatic carbocycles. The van der Waals surface area contributed by atoms with Gasteiger partial charge in [-0.1, -0.05) is 23.7 Å². The summed E-state index contributed by atoms with van der Waals surface area (Å²) >= 11 is 5.77. The zero-order chi connectivity index (χ0) is 20.8. The smallest absolute Gasteiger partial charge is 0.308 e. The Balaban J connectivity index is 1.45. The molecule has 1 heterocycles. The molecule has 0 saturated carbocycles. The summed E-state index contributed by atoms with van der Waals surface area (Å²) in [6.07, 6.45) is -0.0936. The summed E-state index contributed by atoms with van der Waals surface area (Å²) in [5.74, 6) is -1.81. The number of anilines is 2. The second-order valence-electron chi connectivity index (χ2n) is 6.22. The molecule has 9 heteroatoms. The van der Waals surface area contributed by atoms with Crippen molar-refractivity contribution in [2.75, 3.05) is 29.9 Å². The van der Waals surface area contributed by atoms with Crippen LogP contribution in [0.5, 0.6) is 0 Å². The third-order valence-corrected chi connectivity index (χ3v) is 4.40. The molecule has 0 atom stereocenters. The number of hydrogen-bond donors (Lipinski definition) is 2. The Bertz CT molecular complexity index is 945. The highest BCUT2D eigenvalue weighted by Crippen LogP contribution is 2.28. The van der Waals surface area contributed by atoms with Crippen LogP contribution in [0.25, 0.3) is 0 Å². The Labute approximate surface area is 171 Å². The summed E-state index contributed by atoms with van der Waals surface area (Å²) in [5.41, 5.74) is 1.48. The summed E-state index contributed by atoms with van der Waals surface area (Å²) in [7, 11) is 0. The van der Waals surface area contributed by atoms with Crippen molar-refractivity contribution in [2.24, 2.45) is 0 Å². The molecule has 0 bridgehead atoms. The first-order chi connectivity index (χ1) is 13.9. The summed E-state index contributed by atoms with van der Waals surface area (Å²) in [6.45, 7) is -0.584. The number of ether oxygens (including phenoxy) is 1. The molecule has 0 fully saturated rings. The average molecular weight is 416 g/mol. The molecule has 2 aromatic carbocycles. The van der Waals surface area contributed by atoms with E-state index in [9.17, 15) is 19.2 Å². The zero-order valence-electron chi connectivity index (χ0n) is 15.3. The van der Waals surface area contributed by atoms with Gasteiger partial charge in [0.1, 0.15) is 6.54 Å². The van der Waals surface area contributed by atoms with E-state index in [1.54, 1.807) is 48.5 Å². The Morgan fingerprint density at radius 2 is 1.83 bits per heavy atom. The standard InChI is InChI=1S/C20H18ClN3O5/c21-14-7-5-13(6-8-14)20(28)22-10-9-19(27)29-12-18(26)24-11-17(25)23-15-3-1-2-4-16(15)24/h1-8H,9-12H2,(H,22,28)(H,23,25). The van der Waals surface area contributed by atoms with Gasteiger partial charge in [0.25, 0.3) is 11.8 Å². The van der Waals surface area contributed by atoms with Gasteiger partial charge in [0.05, 0.1) is 17.8 Å². The molecule has 3 amide bonds. The van der Waals surface area contributed by atoms with Crippen LogP contribution in [0.2, 0.25) is 5.02 Å². The molecular formula is C20H18ClN3O5. The minimum absolute atomic E-state index is 0.0590. The quantitative estimate of drug-likeness (QED) is 0.702. The van der Waals surface area contributed by atoms with Crippen LogP contribution in [0, 0.1) is 0 Å². The Morgan fingerprint density at radius 1 is 1.10 bits per heavy atom. The number of nitrogens with one attached hydrogen (secondary N) is 2. The van der Waals surface area contributed by atoms with Crippen molar-refractivity contribution < 1.29 is 23.9 Å². The SMILES string of the molecule is O=C1CN(C(=O)COC(=O)CCNC(=O)c2ccc(Cl)cc2)c2ccccc2N1. The Hall–Kier alpha value is -3.39. The number of carbonyl (C=O) groups excluding carboxylic acids is 4. The van der Waals surface area contributed by atoms with Crippen molar-refractivity contribution in [1.29, 1.82) is 0 Å². The predicted octanol–water partition coefficient (Wildman–Crippen LogP) is 1.99. The van der Waals surface area contributed by atoms with E-state index in [0.29, 0.717) is 22.0 Å². The number of rotatable bonds is 6. The van der Waals surface area contributed by atoms with Gasteiger partial charge in [-0.25, -0.2) is 0 Å². The van der Waals surface area contributed by atoms with E-state index in [4.69, 9.17) is 16.3 Å². The van der Waals surface area contributed by atoms with E-state index in [2.05, 4.69) is 10.6 Å². The molecule has 3 rings (SSSR count). The minimum atomic E-state index is -0.635. The number of hydrogen-bond acceptors (Lipinski definition) is 5. The first kappa shape index (κ1) is 20.3. The van der Waals surface area contributed by atoms with E-state index in [-0.39, 0.29) is 31.3 Å². The van der Waals surface area contributed by atoms with Gasteiger partial charge >= 0.3 is 5.97 Å². The van der Waals surface area contributed by atoms with Crippen LogP contribution in [0.4, 0.5) is 11.4 Å². The maximum Gasteiger partial charge on any atom is 0.308 e. The van der Waals surface area contributed by atoms with E-state index < -0.39 is 18.5 Å². The molecule has 0 saturated heterocycles. The Kier molecular flexibility index (Phi) is 6.46. The van der Waals surface area contributed by atoms with Crippen LogP contribution in [0.15, 0.2) is 48.5 Å². The highest BCUT2D eigenvalue weighted by atomic mass is 35.5. The number of nitrogens with zero attached hydrogens (tertiary/aromatic N) is 1. The van der Waals surface area contributed by atoms with Gasteiger partial charge < -0.3 is 15.4 Å². The predicted molar refractivity (Wildman–Crippen MR) is 107 cm³/mol. The highest BCUT2D eigenvalue weighted by Gasteiger charge is 2.27. The fourth-order valence-corrected chi connectivity index (χ4v) is 2.86. The summed E-state index contributed by atoms with van der Waals surface area (Å²) in [6, 6.07) is 13.2. The molecule has 2 aromatic rings. The van der Waals surface area contributed by atoms with Crippen LogP contribution in [0.3, 0.4) is 0 Å². The van der Waals surface area contributed by atoms with Crippen molar-refractivity contribution in [3.05, 3.63) is 59.1 Å². The summed E-state index contributed by atoms with van der Waals surface area (Å²) in [5, 5.41) is 5.78. The van der Waals surface area contributed by atoms with E-state index >= 15 is 0 Å². The van der Waals surface area contributed by atoms with Crippen LogP contribution < -0.4 is 15.5 Å². The van der Waals surface area contributed by atoms with Crippen molar-refractivity contribution >= 4 is 46.7 Å². The Morgan fingerprint density at radius 3 is 2.59 bits per heavy atom.